The smallest absolute Gasteiger partial charge is 0.263 e. The van der Waals surface area contributed by atoms with Crippen LogP contribution in [0.25, 0.3) is 22.2 Å². The van der Waals surface area contributed by atoms with Crippen molar-refractivity contribution in [2.24, 2.45) is 5.41 Å². The predicted molar refractivity (Wildman–Crippen MR) is 189 cm³/mol. The van der Waals surface area contributed by atoms with Gasteiger partial charge in [0.25, 0.3) is 5.91 Å². The van der Waals surface area contributed by atoms with Crippen molar-refractivity contribution in [3.63, 3.8) is 0 Å². The van der Waals surface area contributed by atoms with Crippen LogP contribution >= 0.6 is 0 Å². The Labute approximate surface area is 286 Å². The first-order valence-electron chi connectivity index (χ1n) is 18.4. The van der Waals surface area contributed by atoms with Gasteiger partial charge in [-0.15, -0.1) is 0 Å². The van der Waals surface area contributed by atoms with E-state index in [1.165, 1.54) is 47.0 Å². The largest absolute Gasteiger partial charge is 0.497 e. The highest BCUT2D eigenvalue weighted by Crippen LogP contribution is 2.66. The van der Waals surface area contributed by atoms with Crippen LogP contribution in [0.5, 0.6) is 5.75 Å². The predicted octanol–water partition coefficient (Wildman–Crippen LogP) is 6.49. The van der Waals surface area contributed by atoms with Crippen molar-refractivity contribution < 1.29 is 18.5 Å². The van der Waals surface area contributed by atoms with Gasteiger partial charge in [0.05, 0.1) is 23.5 Å². The van der Waals surface area contributed by atoms with Gasteiger partial charge in [0.15, 0.2) is 0 Å². The van der Waals surface area contributed by atoms with E-state index in [4.69, 9.17) is 4.74 Å². The van der Waals surface area contributed by atoms with E-state index in [-0.39, 0.29) is 23.1 Å². The van der Waals surface area contributed by atoms with Gasteiger partial charge in [0, 0.05) is 59.7 Å². The zero-order valence-corrected chi connectivity index (χ0v) is 29.2. The highest BCUT2D eigenvalue weighted by molar-refractivity contribution is 7.84. The molecule has 7 aliphatic rings. The third-order valence-electron chi connectivity index (χ3n) is 13.1. The number of piperidine rings is 2. The summed E-state index contributed by atoms with van der Waals surface area (Å²) in [5.41, 5.74) is 6.06. The number of aromatic nitrogens is 1. The van der Waals surface area contributed by atoms with E-state index < -0.39 is 16.4 Å². The summed E-state index contributed by atoms with van der Waals surface area (Å²) in [6.45, 7) is 2.37. The van der Waals surface area contributed by atoms with Crippen LogP contribution in [0.1, 0.15) is 110 Å². The van der Waals surface area contributed by atoms with Gasteiger partial charge in [-0.2, -0.15) is 0 Å². The normalized spacial score (nSPS) is 29.2. The quantitative estimate of drug-likeness (QED) is 0.325. The molecule has 3 aromatic rings. The Morgan fingerprint density at radius 2 is 1.69 bits per heavy atom. The van der Waals surface area contributed by atoms with Crippen molar-refractivity contribution in [2.45, 2.75) is 113 Å². The average Bonchev–Trinajstić information content (AvgIpc) is 3.44. The molecule has 6 fully saturated rings. The van der Waals surface area contributed by atoms with Crippen LogP contribution in [0.15, 0.2) is 36.4 Å². The molecule has 3 saturated carbocycles. The molecule has 48 heavy (non-hydrogen) atoms. The summed E-state index contributed by atoms with van der Waals surface area (Å²) in [4.78, 5) is 33.3. The molecule has 2 amide bonds. The standard InChI is InChI=1S/C39H48N4O4S/c1-41-21-27-14-13-26(41)22-42(27)38(45)39-20-33(39)32-19-28(47-2)15-17-30(32)36-35(24-8-4-3-5-9-24)31-16-12-25(18-34(31)43(36)23-39)37(44)40-48(46)29-10-6-7-11-29/h12,15-19,24,26-27,29,33H,3-11,13-14,20-23H2,1-2H3,(H,40,44). The summed E-state index contributed by atoms with van der Waals surface area (Å²) in [7, 11) is 2.54. The van der Waals surface area contributed by atoms with Gasteiger partial charge >= 0.3 is 0 Å². The lowest BCUT2D eigenvalue weighted by Crippen LogP contribution is -2.64. The number of nitrogens with zero attached hydrogens (tertiary/aromatic N) is 3. The summed E-state index contributed by atoms with van der Waals surface area (Å²) in [6, 6.07) is 13.3. The van der Waals surface area contributed by atoms with Gasteiger partial charge in [-0.1, -0.05) is 38.2 Å². The molecule has 0 radical (unpaired) electrons. The van der Waals surface area contributed by atoms with Crippen molar-refractivity contribution in [3.8, 4) is 17.0 Å². The lowest BCUT2D eigenvalue weighted by Gasteiger charge is -2.51. The van der Waals surface area contributed by atoms with E-state index in [1.54, 1.807) is 7.11 Å². The van der Waals surface area contributed by atoms with Crippen LogP contribution in [0.4, 0.5) is 0 Å². The molecule has 3 saturated heterocycles. The molecular formula is C39H48N4O4S. The van der Waals surface area contributed by atoms with Crippen molar-refractivity contribution in [2.75, 3.05) is 27.2 Å². The number of rotatable bonds is 6. The number of methoxy groups -OCH3 is 1. The summed E-state index contributed by atoms with van der Waals surface area (Å²) < 4.78 is 24.1. The number of carbonyl (C=O) groups excluding carboxylic acids is 2. The molecule has 4 aliphatic heterocycles. The van der Waals surface area contributed by atoms with E-state index in [0.717, 1.165) is 82.1 Å². The molecule has 254 valence electrons. The number of likely N-dealkylation sites (N-methyl/N-ethyl adjacent to an activating group) is 1. The molecule has 0 spiro atoms. The van der Waals surface area contributed by atoms with Gasteiger partial charge in [-0.3, -0.25) is 19.2 Å². The second-order valence-electron chi connectivity index (χ2n) is 15.7. The molecule has 8 nitrogen and oxygen atoms in total. The number of piperazine rings is 1. The van der Waals surface area contributed by atoms with Crippen LogP contribution in [0, 0.1) is 5.41 Å². The molecule has 5 atom stereocenters. The van der Waals surface area contributed by atoms with Gasteiger partial charge in [0.2, 0.25) is 5.91 Å². The SMILES string of the molecule is COc1ccc2c(c1)C1CC1(C(=O)N1CC3CCC1CN3C)Cn1c-2c(C2CCCCC2)c2ccc(C(=O)NS(=O)C3CCCC3)cc21. The maximum absolute atomic E-state index is 15.0. The molecule has 2 aromatic carbocycles. The van der Waals surface area contributed by atoms with Gasteiger partial charge in [0.1, 0.15) is 16.7 Å². The molecule has 3 aliphatic carbocycles. The first kappa shape index (κ1) is 30.9. The highest BCUT2D eigenvalue weighted by atomic mass is 32.2. The van der Waals surface area contributed by atoms with Crippen LogP contribution in [0.2, 0.25) is 0 Å². The topological polar surface area (TPSA) is 83.9 Å². The number of carbonyl (C=O) groups is 2. The van der Waals surface area contributed by atoms with Crippen LogP contribution in [-0.2, 0) is 22.3 Å². The number of fused-ring (bicyclic) bond motifs is 10. The molecule has 5 unspecified atom stereocenters. The van der Waals surface area contributed by atoms with Crippen molar-refractivity contribution in [1.82, 2.24) is 19.1 Å². The summed E-state index contributed by atoms with van der Waals surface area (Å²) in [5, 5.41) is 1.23. The molecule has 9 heteroatoms. The number of benzene rings is 2. The Morgan fingerprint density at radius 1 is 0.917 bits per heavy atom. The maximum Gasteiger partial charge on any atom is 0.263 e. The third kappa shape index (κ3) is 4.81. The minimum atomic E-state index is -1.39. The lowest BCUT2D eigenvalue weighted by atomic mass is 9.81. The van der Waals surface area contributed by atoms with Crippen molar-refractivity contribution in [1.29, 1.82) is 0 Å². The molecule has 10 rings (SSSR count). The second kappa shape index (κ2) is 11.7. The Balaban J connectivity index is 1.19. The minimum Gasteiger partial charge on any atom is -0.497 e. The fourth-order valence-electron chi connectivity index (χ4n) is 10.3. The Hall–Kier alpha value is -3.17. The van der Waals surface area contributed by atoms with E-state index in [9.17, 15) is 13.8 Å². The van der Waals surface area contributed by atoms with Crippen molar-refractivity contribution >= 4 is 33.7 Å². The molecule has 2 bridgehead atoms. The van der Waals surface area contributed by atoms with E-state index in [2.05, 4.69) is 50.4 Å². The number of nitrogens with one attached hydrogen (secondary N) is 1. The molecule has 1 aromatic heterocycles. The number of ether oxygens (including phenoxy) is 1. The van der Waals surface area contributed by atoms with Crippen LogP contribution in [-0.4, -0.2) is 75.0 Å². The summed E-state index contributed by atoms with van der Waals surface area (Å²) in [5.74, 6) is 1.41. The maximum atomic E-state index is 15.0. The van der Waals surface area contributed by atoms with Gasteiger partial charge < -0.3 is 14.2 Å². The number of hydrogen-bond acceptors (Lipinski definition) is 5. The van der Waals surface area contributed by atoms with Gasteiger partial charge in [-0.25, -0.2) is 4.21 Å². The Morgan fingerprint density at radius 3 is 2.42 bits per heavy atom. The molecule has 5 heterocycles. The monoisotopic (exact) mass is 668 g/mol. The fourth-order valence-corrected chi connectivity index (χ4v) is 11.6. The van der Waals surface area contributed by atoms with E-state index in [1.807, 2.05) is 12.1 Å². The minimum absolute atomic E-state index is 0.0381. The highest BCUT2D eigenvalue weighted by Gasteiger charge is 2.65. The zero-order valence-electron chi connectivity index (χ0n) is 28.3. The average molecular weight is 669 g/mol. The first-order chi connectivity index (χ1) is 23.4. The fraction of sp³-hybridized carbons (Fsp3) is 0.590. The summed E-state index contributed by atoms with van der Waals surface area (Å²) in [6.07, 6.45) is 13.0. The van der Waals surface area contributed by atoms with E-state index in [0.29, 0.717) is 30.0 Å². The van der Waals surface area contributed by atoms with Crippen LogP contribution in [0.3, 0.4) is 0 Å². The molecular weight excluding hydrogens is 621 g/mol. The number of hydrogen-bond donors (Lipinski definition) is 1. The lowest BCUT2D eigenvalue weighted by molar-refractivity contribution is -0.147. The second-order valence-corrected chi connectivity index (χ2v) is 17.2. The Kier molecular flexibility index (Phi) is 7.53. The van der Waals surface area contributed by atoms with Crippen molar-refractivity contribution in [3.05, 3.63) is 53.1 Å². The molecule has 1 N–H and O–H groups in total. The first-order valence-corrected chi connectivity index (χ1v) is 19.6. The zero-order chi connectivity index (χ0) is 32.7. The van der Waals surface area contributed by atoms with Gasteiger partial charge in [-0.05, 0) is 99.4 Å². The number of amides is 2. The third-order valence-corrected chi connectivity index (χ3v) is 14.5. The van der Waals surface area contributed by atoms with E-state index >= 15 is 0 Å². The summed E-state index contributed by atoms with van der Waals surface area (Å²) >= 11 is 0. The Bertz CT molecular complexity index is 1820. The van der Waals surface area contributed by atoms with Crippen LogP contribution < -0.4 is 9.46 Å².